The maximum atomic E-state index is 12.5. The lowest BCUT2D eigenvalue weighted by atomic mass is 10.0. The Labute approximate surface area is 135 Å². The van der Waals surface area contributed by atoms with Crippen LogP contribution in [0.2, 0.25) is 0 Å². The Morgan fingerprint density at radius 3 is 3.09 bits per heavy atom. The van der Waals surface area contributed by atoms with Crippen LogP contribution in [-0.4, -0.2) is 23.5 Å². The van der Waals surface area contributed by atoms with E-state index in [0.29, 0.717) is 18.2 Å². The molecule has 22 heavy (non-hydrogen) atoms. The summed E-state index contributed by atoms with van der Waals surface area (Å²) in [5.74, 6) is 0.771. The molecule has 0 aliphatic carbocycles. The minimum Gasteiger partial charge on any atom is -0.353 e. The lowest BCUT2D eigenvalue weighted by Crippen LogP contribution is -2.39. The first-order chi connectivity index (χ1) is 10.8. The van der Waals surface area contributed by atoms with E-state index in [0.717, 1.165) is 30.1 Å². The number of rotatable bonds is 4. The van der Waals surface area contributed by atoms with E-state index in [4.69, 9.17) is 0 Å². The normalized spacial score (nSPS) is 18.2. The Morgan fingerprint density at radius 1 is 1.41 bits per heavy atom. The van der Waals surface area contributed by atoms with Crippen LogP contribution in [0, 0.1) is 0 Å². The topological polar surface area (TPSA) is 45.2 Å². The third kappa shape index (κ3) is 3.30. The predicted molar refractivity (Wildman–Crippen MR) is 90.4 cm³/mol. The average Bonchev–Trinajstić information content (AvgIpc) is 3.06. The van der Waals surface area contributed by atoms with E-state index in [1.165, 1.54) is 6.42 Å². The van der Waals surface area contributed by atoms with Crippen molar-refractivity contribution in [3.05, 3.63) is 46.3 Å². The van der Waals surface area contributed by atoms with Gasteiger partial charge in [-0.25, -0.2) is 4.98 Å². The molecule has 4 nitrogen and oxygen atoms in total. The van der Waals surface area contributed by atoms with Gasteiger partial charge < -0.3 is 10.2 Å². The van der Waals surface area contributed by atoms with Crippen LogP contribution in [-0.2, 0) is 6.54 Å². The Bertz CT molecular complexity index is 627. The zero-order valence-electron chi connectivity index (χ0n) is 12.8. The Kier molecular flexibility index (Phi) is 4.73. The number of carbonyl (C=O) groups excluding carboxylic acids is 1. The third-order valence-electron chi connectivity index (χ3n) is 4.11. The molecule has 1 saturated heterocycles. The number of thiophene rings is 1. The summed E-state index contributed by atoms with van der Waals surface area (Å²) < 4.78 is 0. The molecular formula is C17H21N3OS. The van der Waals surface area contributed by atoms with Crippen LogP contribution < -0.4 is 10.2 Å². The lowest BCUT2D eigenvalue weighted by Gasteiger charge is -2.35. The first kappa shape index (κ1) is 15.0. The van der Waals surface area contributed by atoms with Gasteiger partial charge in [-0.2, -0.15) is 0 Å². The summed E-state index contributed by atoms with van der Waals surface area (Å²) in [4.78, 5) is 20.4. The van der Waals surface area contributed by atoms with Crippen LogP contribution in [0.3, 0.4) is 0 Å². The van der Waals surface area contributed by atoms with Gasteiger partial charge in [0.1, 0.15) is 5.82 Å². The fraction of sp³-hybridized carbons (Fsp3) is 0.412. The number of anilines is 1. The van der Waals surface area contributed by atoms with Crippen LogP contribution in [0.1, 0.15) is 41.4 Å². The van der Waals surface area contributed by atoms with E-state index in [1.807, 2.05) is 29.6 Å². The quantitative estimate of drug-likeness (QED) is 0.940. The number of amides is 1. The molecule has 1 N–H and O–H groups in total. The zero-order chi connectivity index (χ0) is 15.4. The number of piperidine rings is 1. The van der Waals surface area contributed by atoms with Crippen LogP contribution in [0.15, 0.2) is 35.8 Å². The zero-order valence-corrected chi connectivity index (χ0v) is 13.6. The Hall–Kier alpha value is -1.88. The maximum absolute atomic E-state index is 12.5. The first-order valence-electron chi connectivity index (χ1n) is 7.78. The minimum atomic E-state index is -0.0470. The Morgan fingerprint density at radius 2 is 2.32 bits per heavy atom. The number of hydrogen-bond donors (Lipinski definition) is 1. The highest BCUT2D eigenvalue weighted by Crippen LogP contribution is 2.25. The third-order valence-corrected chi connectivity index (χ3v) is 4.99. The molecule has 0 spiro atoms. The van der Waals surface area contributed by atoms with Crippen molar-refractivity contribution in [3.63, 3.8) is 0 Å². The summed E-state index contributed by atoms with van der Waals surface area (Å²) in [5.41, 5.74) is 0.674. The fourth-order valence-corrected chi connectivity index (χ4v) is 3.54. The molecule has 1 atom stereocenters. The molecule has 2 aromatic heterocycles. The molecule has 2 aromatic rings. The van der Waals surface area contributed by atoms with E-state index < -0.39 is 0 Å². The molecule has 0 unspecified atom stereocenters. The van der Waals surface area contributed by atoms with E-state index >= 15 is 0 Å². The lowest BCUT2D eigenvalue weighted by molar-refractivity contribution is 0.0951. The summed E-state index contributed by atoms with van der Waals surface area (Å²) in [5, 5.41) is 5.02. The highest BCUT2D eigenvalue weighted by atomic mass is 32.1. The summed E-state index contributed by atoms with van der Waals surface area (Å²) in [6.07, 6.45) is 5.35. The molecule has 1 aliphatic rings. The van der Waals surface area contributed by atoms with Crippen molar-refractivity contribution in [1.82, 2.24) is 10.3 Å². The van der Waals surface area contributed by atoms with Crippen LogP contribution in [0.25, 0.3) is 0 Å². The number of hydrogen-bond acceptors (Lipinski definition) is 4. The van der Waals surface area contributed by atoms with Crippen LogP contribution in [0.4, 0.5) is 5.82 Å². The van der Waals surface area contributed by atoms with Crippen molar-refractivity contribution in [3.8, 4) is 0 Å². The second kappa shape index (κ2) is 6.92. The number of nitrogens with zero attached hydrogens (tertiary/aromatic N) is 2. The van der Waals surface area contributed by atoms with E-state index in [9.17, 15) is 4.79 Å². The van der Waals surface area contributed by atoms with Gasteiger partial charge in [0.05, 0.1) is 12.1 Å². The Balaban J connectivity index is 1.76. The van der Waals surface area contributed by atoms with Crippen molar-refractivity contribution < 1.29 is 4.79 Å². The first-order valence-corrected chi connectivity index (χ1v) is 8.66. The number of pyridine rings is 1. The van der Waals surface area contributed by atoms with Gasteiger partial charge in [-0.1, -0.05) is 6.07 Å². The number of nitrogens with one attached hydrogen (secondary N) is 1. The molecule has 0 radical (unpaired) electrons. The van der Waals surface area contributed by atoms with Crippen LogP contribution in [0.5, 0.6) is 0 Å². The smallest absolute Gasteiger partial charge is 0.255 e. The maximum Gasteiger partial charge on any atom is 0.255 e. The van der Waals surface area contributed by atoms with Gasteiger partial charge in [0.25, 0.3) is 5.91 Å². The van der Waals surface area contributed by atoms with Gasteiger partial charge in [-0.3, -0.25) is 4.79 Å². The minimum absolute atomic E-state index is 0.0470. The van der Waals surface area contributed by atoms with Gasteiger partial charge in [0.15, 0.2) is 0 Å². The second-order valence-corrected chi connectivity index (χ2v) is 6.71. The molecule has 1 amide bonds. The van der Waals surface area contributed by atoms with Gasteiger partial charge in [-0.15, -0.1) is 11.3 Å². The average molecular weight is 315 g/mol. The molecule has 0 aromatic carbocycles. The molecule has 3 rings (SSSR count). The van der Waals surface area contributed by atoms with E-state index in [-0.39, 0.29) is 5.91 Å². The van der Waals surface area contributed by atoms with Gasteiger partial charge in [-0.05, 0) is 49.8 Å². The molecule has 3 heterocycles. The molecular weight excluding hydrogens is 294 g/mol. The van der Waals surface area contributed by atoms with Gasteiger partial charge in [0.2, 0.25) is 0 Å². The summed E-state index contributed by atoms with van der Waals surface area (Å²) in [6.45, 7) is 3.75. The highest BCUT2D eigenvalue weighted by molar-refractivity contribution is 7.09. The van der Waals surface area contributed by atoms with Crippen molar-refractivity contribution in [2.75, 3.05) is 11.4 Å². The van der Waals surface area contributed by atoms with Gasteiger partial charge in [0, 0.05) is 23.7 Å². The SMILES string of the molecule is C[C@H]1CCCCN1c1ncccc1C(=O)NCc1cccs1. The highest BCUT2D eigenvalue weighted by Gasteiger charge is 2.24. The second-order valence-electron chi connectivity index (χ2n) is 5.67. The molecule has 0 saturated carbocycles. The standard InChI is InChI=1S/C17H21N3OS/c1-13-6-2-3-10-20(13)16-15(8-4-9-18-16)17(21)19-12-14-7-5-11-22-14/h4-5,7-9,11,13H,2-3,6,10,12H2,1H3,(H,19,21)/t13-/m0/s1. The van der Waals surface area contributed by atoms with E-state index in [1.54, 1.807) is 17.5 Å². The van der Waals surface area contributed by atoms with Crippen LogP contribution >= 0.6 is 11.3 Å². The molecule has 1 fully saturated rings. The largest absolute Gasteiger partial charge is 0.353 e. The van der Waals surface area contributed by atoms with Gasteiger partial charge >= 0.3 is 0 Å². The summed E-state index contributed by atoms with van der Waals surface area (Å²) in [6, 6.07) is 8.16. The predicted octanol–water partition coefficient (Wildman–Crippen LogP) is 3.45. The number of aromatic nitrogens is 1. The van der Waals surface area contributed by atoms with Crippen molar-refractivity contribution in [1.29, 1.82) is 0 Å². The monoisotopic (exact) mass is 315 g/mol. The summed E-state index contributed by atoms with van der Waals surface area (Å²) in [7, 11) is 0. The number of carbonyl (C=O) groups is 1. The van der Waals surface area contributed by atoms with Crippen molar-refractivity contribution in [2.24, 2.45) is 0 Å². The fourth-order valence-electron chi connectivity index (χ4n) is 2.89. The van der Waals surface area contributed by atoms with Crippen molar-refractivity contribution in [2.45, 2.75) is 38.8 Å². The van der Waals surface area contributed by atoms with E-state index in [2.05, 4.69) is 22.1 Å². The molecule has 1 aliphatic heterocycles. The molecule has 0 bridgehead atoms. The molecule has 5 heteroatoms. The molecule has 116 valence electrons. The van der Waals surface area contributed by atoms with Crippen molar-refractivity contribution >= 4 is 23.1 Å². The summed E-state index contributed by atoms with van der Waals surface area (Å²) >= 11 is 1.65.